The molecule has 9 nitrogen and oxygen atoms in total. The first-order valence-corrected chi connectivity index (χ1v) is 7.35. The Morgan fingerprint density at radius 2 is 2.00 bits per heavy atom. The van der Waals surface area contributed by atoms with Crippen LogP contribution in [0.3, 0.4) is 0 Å². The van der Waals surface area contributed by atoms with Crippen LogP contribution < -0.4 is 10.5 Å². The van der Waals surface area contributed by atoms with Crippen LogP contribution in [0.4, 0.5) is 11.5 Å². The van der Waals surface area contributed by atoms with E-state index in [0.717, 1.165) is 5.56 Å². The maximum Gasteiger partial charge on any atom is 0.330 e. The second kappa shape index (κ2) is 5.50. The second-order valence-electron chi connectivity index (χ2n) is 4.34. The standard InChI is InChI=1S/C11H13N5O4S/c1-15-7-10(16(17)18)11(14-15)13-6-8-2-4-9(5-3-8)21(12,19)20/h2-5,7H,6H2,1H3,(H,13,14)(H2,12,19,20). The van der Waals surface area contributed by atoms with Crippen LogP contribution in [0.5, 0.6) is 0 Å². The van der Waals surface area contributed by atoms with E-state index in [9.17, 15) is 18.5 Å². The summed E-state index contributed by atoms with van der Waals surface area (Å²) in [7, 11) is -2.14. The van der Waals surface area contributed by atoms with Crippen molar-refractivity contribution in [2.45, 2.75) is 11.4 Å². The quantitative estimate of drug-likeness (QED) is 0.613. The average Bonchev–Trinajstić information content (AvgIpc) is 2.77. The number of benzene rings is 1. The summed E-state index contributed by atoms with van der Waals surface area (Å²) in [6.45, 7) is 0.267. The zero-order valence-electron chi connectivity index (χ0n) is 11.1. The molecule has 1 aromatic carbocycles. The number of hydrogen-bond donors (Lipinski definition) is 2. The maximum atomic E-state index is 11.1. The molecule has 1 aromatic heterocycles. The molecule has 0 saturated heterocycles. The van der Waals surface area contributed by atoms with Gasteiger partial charge in [0, 0.05) is 13.6 Å². The molecule has 0 aliphatic heterocycles. The summed E-state index contributed by atoms with van der Waals surface area (Å²) in [6.07, 6.45) is 1.30. The molecule has 0 unspecified atom stereocenters. The van der Waals surface area contributed by atoms with E-state index in [-0.39, 0.29) is 22.9 Å². The fourth-order valence-electron chi connectivity index (χ4n) is 1.72. The van der Waals surface area contributed by atoms with Gasteiger partial charge in [-0.15, -0.1) is 5.10 Å². The molecule has 0 aliphatic rings. The zero-order chi connectivity index (χ0) is 15.6. The van der Waals surface area contributed by atoms with Gasteiger partial charge < -0.3 is 5.32 Å². The van der Waals surface area contributed by atoms with Crippen LogP contribution in [-0.2, 0) is 23.6 Å². The smallest absolute Gasteiger partial charge is 0.330 e. The van der Waals surface area contributed by atoms with Crippen molar-refractivity contribution >= 4 is 21.5 Å². The number of nitro groups is 1. The van der Waals surface area contributed by atoms with Crippen molar-refractivity contribution in [1.29, 1.82) is 0 Å². The van der Waals surface area contributed by atoms with Crippen molar-refractivity contribution in [2.75, 3.05) is 5.32 Å². The first kappa shape index (κ1) is 14.9. The van der Waals surface area contributed by atoms with E-state index in [2.05, 4.69) is 10.4 Å². The first-order valence-electron chi connectivity index (χ1n) is 5.81. The summed E-state index contributed by atoms with van der Waals surface area (Å²) in [5, 5.41) is 22.6. The van der Waals surface area contributed by atoms with Gasteiger partial charge in [0.1, 0.15) is 6.20 Å². The molecule has 10 heteroatoms. The Morgan fingerprint density at radius 3 is 2.52 bits per heavy atom. The Morgan fingerprint density at radius 1 is 1.38 bits per heavy atom. The van der Waals surface area contributed by atoms with Crippen molar-refractivity contribution in [3.8, 4) is 0 Å². The molecule has 0 atom stereocenters. The van der Waals surface area contributed by atoms with Gasteiger partial charge in [-0.2, -0.15) is 0 Å². The molecule has 0 radical (unpaired) electrons. The lowest BCUT2D eigenvalue weighted by Gasteiger charge is -2.04. The largest absolute Gasteiger partial charge is 0.359 e. The third-order valence-corrected chi connectivity index (χ3v) is 3.65. The number of primary sulfonamides is 1. The molecule has 2 rings (SSSR count). The Bertz CT molecular complexity index is 766. The van der Waals surface area contributed by atoms with Gasteiger partial charge in [-0.1, -0.05) is 12.1 Å². The number of aryl methyl sites for hydroxylation is 1. The number of anilines is 1. The fraction of sp³-hybridized carbons (Fsp3) is 0.182. The van der Waals surface area contributed by atoms with Crippen LogP contribution in [0.15, 0.2) is 35.4 Å². The number of hydrogen-bond acceptors (Lipinski definition) is 6. The summed E-state index contributed by atoms with van der Waals surface area (Å²) in [5.41, 5.74) is 0.612. The number of rotatable bonds is 5. The molecule has 3 N–H and O–H groups in total. The van der Waals surface area contributed by atoms with Crippen molar-refractivity contribution < 1.29 is 13.3 Å². The average molecular weight is 311 g/mol. The van der Waals surface area contributed by atoms with Gasteiger partial charge in [-0.05, 0) is 17.7 Å². The van der Waals surface area contributed by atoms with Crippen LogP contribution in [0.1, 0.15) is 5.56 Å². The molecule has 2 aromatic rings. The topological polar surface area (TPSA) is 133 Å². The minimum absolute atomic E-state index is 0.00932. The van der Waals surface area contributed by atoms with Crippen LogP contribution in [0, 0.1) is 10.1 Å². The van der Waals surface area contributed by atoms with E-state index in [1.165, 1.54) is 23.0 Å². The highest BCUT2D eigenvalue weighted by atomic mass is 32.2. The van der Waals surface area contributed by atoms with Gasteiger partial charge in [-0.25, -0.2) is 13.6 Å². The Hall–Kier alpha value is -2.46. The molecule has 21 heavy (non-hydrogen) atoms. The van der Waals surface area contributed by atoms with Crippen LogP contribution in [0.2, 0.25) is 0 Å². The number of aromatic nitrogens is 2. The third-order valence-electron chi connectivity index (χ3n) is 2.72. The van der Waals surface area contributed by atoms with E-state index in [1.807, 2.05) is 0 Å². The van der Waals surface area contributed by atoms with E-state index in [0.29, 0.717) is 0 Å². The Kier molecular flexibility index (Phi) is 3.91. The van der Waals surface area contributed by atoms with Crippen LogP contribution in [0.25, 0.3) is 0 Å². The lowest BCUT2D eigenvalue weighted by molar-refractivity contribution is -0.384. The monoisotopic (exact) mass is 311 g/mol. The van der Waals surface area contributed by atoms with Crippen molar-refractivity contribution in [3.63, 3.8) is 0 Å². The van der Waals surface area contributed by atoms with Crippen LogP contribution in [-0.4, -0.2) is 23.1 Å². The third kappa shape index (κ3) is 3.55. The summed E-state index contributed by atoms with van der Waals surface area (Å²) >= 11 is 0. The minimum Gasteiger partial charge on any atom is -0.359 e. The molecular formula is C11H13N5O4S. The summed E-state index contributed by atoms with van der Waals surface area (Å²) in [6, 6.07) is 5.89. The molecule has 0 fully saturated rings. The van der Waals surface area contributed by atoms with E-state index in [1.54, 1.807) is 19.2 Å². The van der Waals surface area contributed by atoms with Gasteiger partial charge in [0.25, 0.3) is 0 Å². The van der Waals surface area contributed by atoms with Gasteiger partial charge >= 0.3 is 5.69 Å². The van der Waals surface area contributed by atoms with Crippen molar-refractivity contribution in [2.24, 2.45) is 12.2 Å². The van der Waals surface area contributed by atoms with Gasteiger partial charge in [0.15, 0.2) is 0 Å². The maximum absolute atomic E-state index is 11.1. The molecule has 1 heterocycles. The number of nitrogens with two attached hydrogens (primary N) is 1. The molecule has 0 saturated carbocycles. The van der Waals surface area contributed by atoms with Crippen molar-refractivity contribution in [1.82, 2.24) is 9.78 Å². The minimum atomic E-state index is -3.73. The van der Waals surface area contributed by atoms with Crippen LogP contribution >= 0.6 is 0 Å². The second-order valence-corrected chi connectivity index (χ2v) is 5.90. The number of nitrogens with zero attached hydrogens (tertiary/aromatic N) is 3. The van der Waals surface area contributed by atoms with Gasteiger partial charge in [0.2, 0.25) is 15.8 Å². The molecule has 0 bridgehead atoms. The highest BCUT2D eigenvalue weighted by Gasteiger charge is 2.17. The highest BCUT2D eigenvalue weighted by Crippen LogP contribution is 2.22. The lowest BCUT2D eigenvalue weighted by Crippen LogP contribution is -2.12. The lowest BCUT2D eigenvalue weighted by atomic mass is 10.2. The Balaban J connectivity index is 2.12. The summed E-state index contributed by atoms with van der Waals surface area (Å²) in [4.78, 5) is 10.3. The van der Waals surface area contributed by atoms with E-state index in [4.69, 9.17) is 5.14 Å². The summed E-state index contributed by atoms with van der Waals surface area (Å²) in [5.74, 6) is 0.151. The van der Waals surface area contributed by atoms with Gasteiger partial charge in [0.05, 0.1) is 9.82 Å². The molecule has 112 valence electrons. The van der Waals surface area contributed by atoms with E-state index < -0.39 is 14.9 Å². The predicted octanol–water partition coefficient (Wildman–Crippen LogP) is 0.588. The predicted molar refractivity (Wildman–Crippen MR) is 75.0 cm³/mol. The fourth-order valence-corrected chi connectivity index (χ4v) is 2.23. The zero-order valence-corrected chi connectivity index (χ0v) is 11.9. The number of sulfonamides is 1. The normalized spacial score (nSPS) is 11.3. The first-order chi connectivity index (χ1) is 9.77. The summed E-state index contributed by atoms with van der Waals surface area (Å²) < 4.78 is 23.6. The number of nitrogens with one attached hydrogen (secondary N) is 1. The van der Waals surface area contributed by atoms with E-state index >= 15 is 0 Å². The van der Waals surface area contributed by atoms with Crippen molar-refractivity contribution in [3.05, 3.63) is 46.1 Å². The SMILES string of the molecule is Cn1cc([N+](=O)[O-])c(NCc2ccc(S(N)(=O)=O)cc2)n1. The molecule has 0 aliphatic carbocycles. The molecule has 0 spiro atoms. The molecule has 0 amide bonds. The highest BCUT2D eigenvalue weighted by molar-refractivity contribution is 7.89. The Labute approximate surface area is 120 Å². The van der Waals surface area contributed by atoms with Gasteiger partial charge in [-0.3, -0.25) is 14.8 Å². The molecular weight excluding hydrogens is 298 g/mol.